The molecule has 3 rings (SSSR count). The zero-order chi connectivity index (χ0) is 20.8. The molecule has 0 aromatic heterocycles. The smallest absolute Gasteiger partial charge is 0.309 e. The van der Waals surface area contributed by atoms with Crippen molar-refractivity contribution in [1.29, 1.82) is 0 Å². The van der Waals surface area contributed by atoms with Gasteiger partial charge in [-0.2, -0.15) is 0 Å². The Morgan fingerprint density at radius 3 is 2.55 bits per heavy atom. The van der Waals surface area contributed by atoms with E-state index in [2.05, 4.69) is 6.92 Å². The molecule has 2 aliphatic carbocycles. The van der Waals surface area contributed by atoms with Gasteiger partial charge in [0.15, 0.2) is 5.82 Å². The van der Waals surface area contributed by atoms with Gasteiger partial charge >= 0.3 is 5.97 Å². The fourth-order valence-corrected chi connectivity index (χ4v) is 4.78. The van der Waals surface area contributed by atoms with Gasteiger partial charge in [-0.3, -0.25) is 4.79 Å². The van der Waals surface area contributed by atoms with Gasteiger partial charge in [-0.25, -0.2) is 4.39 Å². The summed E-state index contributed by atoms with van der Waals surface area (Å²) in [6, 6.07) is 3.44. The Balaban J connectivity index is 1.54. The van der Waals surface area contributed by atoms with Crippen LogP contribution in [0.1, 0.15) is 77.2 Å². The Labute approximate surface area is 178 Å². The average Bonchev–Trinajstić information content (AvgIpc) is 2.73. The summed E-state index contributed by atoms with van der Waals surface area (Å²) < 4.78 is 25.8. The molecule has 0 N–H and O–H groups in total. The van der Waals surface area contributed by atoms with E-state index in [1.54, 1.807) is 12.1 Å². The molecule has 1 atom stereocenters. The predicted molar refractivity (Wildman–Crippen MR) is 115 cm³/mol. The third kappa shape index (κ3) is 5.53. The van der Waals surface area contributed by atoms with Crippen LogP contribution in [0.5, 0.6) is 5.75 Å². The molecule has 1 unspecified atom stereocenters. The Morgan fingerprint density at radius 2 is 1.93 bits per heavy atom. The van der Waals surface area contributed by atoms with Gasteiger partial charge in [0.1, 0.15) is 16.9 Å². The highest BCUT2D eigenvalue weighted by Crippen LogP contribution is 2.37. The minimum absolute atomic E-state index is 0.0254. The van der Waals surface area contributed by atoms with E-state index >= 15 is 0 Å². The maximum atomic E-state index is 14.7. The van der Waals surface area contributed by atoms with Crippen LogP contribution in [-0.2, 0) is 9.53 Å². The van der Waals surface area contributed by atoms with Gasteiger partial charge < -0.3 is 9.47 Å². The van der Waals surface area contributed by atoms with Crippen LogP contribution in [-0.4, -0.2) is 18.7 Å². The Bertz CT molecular complexity index is 738. The van der Waals surface area contributed by atoms with Crippen molar-refractivity contribution < 1.29 is 18.7 Å². The molecule has 2 aliphatic rings. The lowest BCUT2D eigenvalue weighted by Crippen LogP contribution is -2.28. The summed E-state index contributed by atoms with van der Waals surface area (Å²) in [5.74, 6) is 0.712. The Kier molecular flexibility index (Phi) is 7.99. The van der Waals surface area contributed by atoms with Crippen LogP contribution >= 0.6 is 11.6 Å². The van der Waals surface area contributed by atoms with Crippen LogP contribution < -0.4 is 4.74 Å². The summed E-state index contributed by atoms with van der Waals surface area (Å²) in [5, 5.41) is 0.0254. The van der Waals surface area contributed by atoms with Crippen molar-refractivity contribution in [2.24, 2.45) is 11.8 Å². The van der Waals surface area contributed by atoms with Crippen molar-refractivity contribution >= 4 is 23.1 Å². The molecular weight excluding hydrogens is 391 g/mol. The maximum Gasteiger partial charge on any atom is 0.309 e. The summed E-state index contributed by atoms with van der Waals surface area (Å²) in [6.45, 7) is 4.50. The number of halogens is 2. The lowest BCUT2D eigenvalue weighted by atomic mass is 9.80. The van der Waals surface area contributed by atoms with Gasteiger partial charge in [-0.1, -0.05) is 37.4 Å². The van der Waals surface area contributed by atoms with Crippen molar-refractivity contribution in [3.8, 4) is 5.75 Å². The zero-order valence-electron chi connectivity index (χ0n) is 17.5. The molecule has 0 saturated heterocycles. The maximum absolute atomic E-state index is 14.7. The summed E-state index contributed by atoms with van der Waals surface area (Å²) in [5.41, 5.74) is 1.43. The number of ether oxygens (including phenoxy) is 2. The van der Waals surface area contributed by atoms with E-state index in [9.17, 15) is 9.18 Å². The SMILES string of the molecule is CCCC1CCC(C(=O)OC2CC=C(c3ccc(OCC)c(Cl)c3F)CC2)CC1. The van der Waals surface area contributed by atoms with Crippen molar-refractivity contribution in [3.63, 3.8) is 0 Å². The molecule has 0 radical (unpaired) electrons. The fourth-order valence-electron chi connectivity index (χ4n) is 4.56. The topological polar surface area (TPSA) is 35.5 Å². The fraction of sp³-hybridized carbons (Fsp3) is 0.625. The van der Waals surface area contributed by atoms with E-state index in [4.69, 9.17) is 21.1 Å². The molecule has 0 heterocycles. The van der Waals surface area contributed by atoms with Gasteiger partial charge in [0.2, 0.25) is 0 Å². The quantitative estimate of drug-likeness (QED) is 0.445. The van der Waals surface area contributed by atoms with Crippen molar-refractivity contribution in [2.75, 3.05) is 6.61 Å². The third-order valence-corrected chi connectivity index (χ3v) is 6.57. The lowest BCUT2D eigenvalue weighted by Gasteiger charge is -2.29. The number of esters is 1. The first-order chi connectivity index (χ1) is 14.0. The van der Waals surface area contributed by atoms with Crippen LogP contribution in [0, 0.1) is 17.7 Å². The number of hydrogen-bond acceptors (Lipinski definition) is 3. The first-order valence-corrected chi connectivity index (χ1v) is 11.4. The highest BCUT2D eigenvalue weighted by atomic mass is 35.5. The number of carbonyl (C=O) groups excluding carboxylic acids is 1. The number of carbonyl (C=O) groups is 1. The lowest BCUT2D eigenvalue weighted by molar-refractivity contribution is -0.155. The molecule has 1 saturated carbocycles. The molecule has 1 fully saturated rings. The molecule has 0 bridgehead atoms. The minimum Gasteiger partial charge on any atom is -0.492 e. The molecular formula is C24H32ClFO3. The second-order valence-electron chi connectivity index (χ2n) is 8.24. The first kappa shape index (κ1) is 22.1. The first-order valence-electron chi connectivity index (χ1n) is 11.0. The standard InChI is InChI=1S/C24H32ClFO3/c1-3-5-16-6-8-18(9-7-16)24(27)29-19-12-10-17(11-13-19)20-14-15-21(28-4-2)22(25)23(20)26/h10,14-16,18-19H,3-9,11-13H2,1-2H3. The average molecular weight is 423 g/mol. The Hall–Kier alpha value is -1.55. The summed E-state index contributed by atoms with van der Waals surface area (Å²) in [6.07, 6.45) is 10.5. The van der Waals surface area contributed by atoms with E-state index in [0.717, 1.165) is 37.2 Å². The molecule has 160 valence electrons. The van der Waals surface area contributed by atoms with Gasteiger partial charge in [-0.05, 0) is 69.1 Å². The number of rotatable bonds is 7. The van der Waals surface area contributed by atoms with E-state index in [1.807, 2.05) is 13.0 Å². The minimum atomic E-state index is -0.442. The summed E-state index contributed by atoms with van der Waals surface area (Å²) >= 11 is 6.11. The molecule has 0 spiro atoms. The second-order valence-corrected chi connectivity index (χ2v) is 8.62. The van der Waals surface area contributed by atoms with Gasteiger partial charge in [0.25, 0.3) is 0 Å². The van der Waals surface area contributed by atoms with Crippen LogP contribution in [0.3, 0.4) is 0 Å². The normalized spacial score (nSPS) is 24.7. The van der Waals surface area contributed by atoms with Crippen molar-refractivity contribution in [3.05, 3.63) is 34.6 Å². The monoisotopic (exact) mass is 422 g/mol. The predicted octanol–water partition coefficient (Wildman–Crippen LogP) is 6.96. The van der Waals surface area contributed by atoms with Gasteiger partial charge in [-0.15, -0.1) is 0 Å². The van der Waals surface area contributed by atoms with Gasteiger partial charge in [0.05, 0.1) is 12.5 Å². The molecule has 0 aliphatic heterocycles. The molecule has 1 aromatic rings. The third-order valence-electron chi connectivity index (χ3n) is 6.22. The highest BCUT2D eigenvalue weighted by Gasteiger charge is 2.29. The summed E-state index contributed by atoms with van der Waals surface area (Å²) in [7, 11) is 0. The number of hydrogen-bond donors (Lipinski definition) is 0. The summed E-state index contributed by atoms with van der Waals surface area (Å²) in [4.78, 5) is 12.5. The zero-order valence-corrected chi connectivity index (χ0v) is 18.3. The highest BCUT2D eigenvalue weighted by molar-refractivity contribution is 6.32. The van der Waals surface area contributed by atoms with E-state index < -0.39 is 5.82 Å². The molecule has 0 amide bonds. The van der Waals surface area contributed by atoms with Crippen LogP contribution in [0.2, 0.25) is 5.02 Å². The largest absolute Gasteiger partial charge is 0.492 e. The molecule has 5 heteroatoms. The molecule has 1 aromatic carbocycles. The number of allylic oxidation sites excluding steroid dienone is 1. The van der Waals surface area contributed by atoms with Gasteiger partial charge in [0, 0.05) is 12.0 Å². The van der Waals surface area contributed by atoms with E-state index in [-0.39, 0.29) is 23.0 Å². The second kappa shape index (κ2) is 10.5. The van der Waals surface area contributed by atoms with Crippen LogP contribution in [0.25, 0.3) is 5.57 Å². The number of benzene rings is 1. The van der Waals surface area contributed by atoms with Crippen molar-refractivity contribution in [2.45, 2.75) is 77.7 Å². The van der Waals surface area contributed by atoms with Crippen molar-refractivity contribution in [1.82, 2.24) is 0 Å². The van der Waals surface area contributed by atoms with Crippen LogP contribution in [0.15, 0.2) is 18.2 Å². The molecule has 29 heavy (non-hydrogen) atoms. The molecule has 3 nitrogen and oxygen atoms in total. The Morgan fingerprint density at radius 1 is 1.17 bits per heavy atom. The van der Waals surface area contributed by atoms with E-state index in [1.165, 1.54) is 12.8 Å². The van der Waals surface area contributed by atoms with E-state index in [0.29, 0.717) is 37.2 Å². The van der Waals surface area contributed by atoms with Crippen LogP contribution in [0.4, 0.5) is 4.39 Å².